The van der Waals surface area contributed by atoms with Gasteiger partial charge in [-0.25, -0.2) is 9.78 Å². The van der Waals surface area contributed by atoms with E-state index >= 15 is 0 Å². The third-order valence-electron chi connectivity index (χ3n) is 3.29. The van der Waals surface area contributed by atoms with Crippen LogP contribution in [0.4, 0.5) is 0 Å². The summed E-state index contributed by atoms with van der Waals surface area (Å²) in [5.41, 5.74) is 0.0321. The van der Waals surface area contributed by atoms with Crippen LogP contribution in [-0.2, 0) is 4.84 Å². The van der Waals surface area contributed by atoms with Gasteiger partial charge < -0.3 is 9.57 Å². The van der Waals surface area contributed by atoms with Gasteiger partial charge in [-0.2, -0.15) is 0 Å². The number of aromatic nitrogens is 1. The van der Waals surface area contributed by atoms with Gasteiger partial charge in [0.25, 0.3) is 11.8 Å². The fourth-order valence-electron chi connectivity index (χ4n) is 2.17. The maximum atomic E-state index is 12.3. The zero-order valence-corrected chi connectivity index (χ0v) is 13.5. The van der Waals surface area contributed by atoms with E-state index in [0.29, 0.717) is 5.06 Å². The van der Waals surface area contributed by atoms with Gasteiger partial charge in [-0.15, -0.1) is 0 Å². The molecule has 126 valence electrons. The fraction of sp³-hybridized carbons (Fsp3) is 0.0588. The number of hydrogen-bond donors (Lipinski definition) is 0. The molecule has 0 fully saturated rings. The van der Waals surface area contributed by atoms with Gasteiger partial charge in [0.2, 0.25) is 5.88 Å². The number of hydrogen-bond acceptors (Lipinski definition) is 6. The number of halogens is 1. The molecule has 0 atom stereocenters. The van der Waals surface area contributed by atoms with Gasteiger partial charge in [-0.3, -0.25) is 9.59 Å². The Balaban J connectivity index is 1.83. The van der Waals surface area contributed by atoms with Crippen LogP contribution in [0.15, 0.2) is 49.1 Å². The van der Waals surface area contributed by atoms with Crippen LogP contribution in [0, 0.1) is 0 Å². The Morgan fingerprint density at radius 2 is 1.80 bits per heavy atom. The molecular weight excluding hydrogens is 348 g/mol. The zero-order chi connectivity index (χ0) is 18.0. The number of pyridine rings is 1. The molecule has 2 aromatic rings. The average Bonchev–Trinajstić information content (AvgIpc) is 2.86. The Hall–Kier alpha value is -3.19. The molecular formula is C17H11ClN2O5. The van der Waals surface area contributed by atoms with Crippen molar-refractivity contribution in [2.75, 3.05) is 6.61 Å². The Labute approximate surface area is 147 Å². The van der Waals surface area contributed by atoms with E-state index in [1.54, 1.807) is 12.1 Å². The first kappa shape index (κ1) is 16.7. The van der Waals surface area contributed by atoms with Crippen LogP contribution in [-0.4, -0.2) is 34.4 Å². The summed E-state index contributed by atoms with van der Waals surface area (Å²) in [6.07, 6.45) is 1.51. The second-order valence-corrected chi connectivity index (χ2v) is 5.32. The summed E-state index contributed by atoms with van der Waals surface area (Å²) in [7, 11) is 0. The fourth-order valence-corrected chi connectivity index (χ4v) is 2.35. The second-order valence-electron chi connectivity index (χ2n) is 4.91. The third-order valence-corrected chi connectivity index (χ3v) is 3.60. The molecule has 0 radical (unpaired) electrons. The Morgan fingerprint density at radius 1 is 1.16 bits per heavy atom. The minimum absolute atomic E-state index is 0.00689. The SMILES string of the molecule is C=CCOc1ccc(Cl)c(C(=O)ON2C(=O)c3ccccc3C2=O)n1. The number of ether oxygens (including phenoxy) is 1. The Kier molecular flexibility index (Phi) is 4.49. The van der Waals surface area contributed by atoms with E-state index in [1.165, 1.54) is 30.3 Å². The number of carbonyl (C=O) groups excluding carboxylic acids is 3. The van der Waals surface area contributed by atoms with E-state index in [1.807, 2.05) is 0 Å². The maximum absolute atomic E-state index is 12.3. The molecule has 8 heteroatoms. The second kappa shape index (κ2) is 6.74. The van der Waals surface area contributed by atoms with Crippen molar-refractivity contribution in [1.82, 2.24) is 10.0 Å². The number of hydroxylamine groups is 2. The Morgan fingerprint density at radius 3 is 2.40 bits per heavy atom. The van der Waals surface area contributed by atoms with Crippen LogP contribution in [0.25, 0.3) is 0 Å². The lowest BCUT2D eigenvalue weighted by Gasteiger charge is -2.13. The van der Waals surface area contributed by atoms with Crippen molar-refractivity contribution < 1.29 is 24.0 Å². The van der Waals surface area contributed by atoms with Crippen molar-refractivity contribution in [2.45, 2.75) is 0 Å². The molecule has 1 aromatic carbocycles. The summed E-state index contributed by atoms with van der Waals surface area (Å²) in [5, 5.41) is 0.384. The summed E-state index contributed by atoms with van der Waals surface area (Å²) < 4.78 is 5.22. The molecule has 0 aliphatic carbocycles. The summed E-state index contributed by atoms with van der Waals surface area (Å²) in [6, 6.07) is 9.01. The summed E-state index contributed by atoms with van der Waals surface area (Å²) in [5.74, 6) is -2.39. The van der Waals surface area contributed by atoms with Crippen molar-refractivity contribution >= 4 is 29.4 Å². The van der Waals surface area contributed by atoms with E-state index in [-0.39, 0.29) is 34.3 Å². The van der Waals surface area contributed by atoms with Crippen LogP contribution in [0.1, 0.15) is 31.2 Å². The topological polar surface area (TPSA) is 85.8 Å². The van der Waals surface area contributed by atoms with Gasteiger partial charge in [-0.1, -0.05) is 41.5 Å². The molecule has 0 bridgehead atoms. The maximum Gasteiger partial charge on any atom is 0.383 e. The van der Waals surface area contributed by atoms with Gasteiger partial charge in [0.05, 0.1) is 16.1 Å². The number of benzene rings is 1. The van der Waals surface area contributed by atoms with Crippen LogP contribution < -0.4 is 4.74 Å². The highest BCUT2D eigenvalue weighted by Gasteiger charge is 2.39. The highest BCUT2D eigenvalue weighted by Crippen LogP contribution is 2.25. The van der Waals surface area contributed by atoms with Gasteiger partial charge in [0, 0.05) is 6.07 Å². The van der Waals surface area contributed by atoms with Crippen LogP contribution in [0.5, 0.6) is 5.88 Å². The molecule has 0 unspecified atom stereocenters. The van der Waals surface area contributed by atoms with Crippen LogP contribution >= 0.6 is 11.6 Å². The molecule has 0 spiro atoms. The normalized spacial score (nSPS) is 12.8. The number of rotatable bonds is 5. The first-order valence-electron chi connectivity index (χ1n) is 7.13. The average molecular weight is 359 g/mol. The third kappa shape index (κ3) is 3.09. The van der Waals surface area contributed by atoms with Crippen molar-refractivity contribution in [3.63, 3.8) is 0 Å². The molecule has 2 heterocycles. The van der Waals surface area contributed by atoms with Crippen LogP contribution in [0.3, 0.4) is 0 Å². The largest absolute Gasteiger partial charge is 0.473 e. The van der Waals surface area contributed by atoms with Crippen molar-refractivity contribution in [1.29, 1.82) is 0 Å². The van der Waals surface area contributed by atoms with Gasteiger partial charge in [0.1, 0.15) is 6.61 Å². The minimum Gasteiger partial charge on any atom is -0.473 e. The zero-order valence-electron chi connectivity index (χ0n) is 12.8. The number of imide groups is 1. The van der Waals surface area contributed by atoms with Crippen molar-refractivity contribution in [2.24, 2.45) is 0 Å². The lowest BCUT2D eigenvalue weighted by atomic mass is 10.1. The molecule has 25 heavy (non-hydrogen) atoms. The van der Waals surface area contributed by atoms with E-state index in [4.69, 9.17) is 21.2 Å². The van der Waals surface area contributed by atoms with E-state index in [2.05, 4.69) is 11.6 Å². The van der Waals surface area contributed by atoms with Crippen molar-refractivity contribution in [3.8, 4) is 5.88 Å². The summed E-state index contributed by atoms with van der Waals surface area (Å²) in [6.45, 7) is 3.69. The molecule has 3 rings (SSSR count). The monoisotopic (exact) mass is 358 g/mol. The smallest absolute Gasteiger partial charge is 0.383 e. The quantitative estimate of drug-likeness (QED) is 0.603. The van der Waals surface area contributed by atoms with E-state index in [9.17, 15) is 14.4 Å². The lowest BCUT2D eigenvalue weighted by Crippen LogP contribution is -2.33. The van der Waals surface area contributed by atoms with Gasteiger partial charge in [0.15, 0.2) is 5.69 Å². The number of amides is 2. The first-order chi connectivity index (χ1) is 12.0. The summed E-state index contributed by atoms with van der Waals surface area (Å²) in [4.78, 5) is 45.6. The van der Waals surface area contributed by atoms with Crippen molar-refractivity contribution in [3.05, 3.63) is 70.9 Å². The molecule has 1 aliphatic rings. The number of carbonyl (C=O) groups is 3. The minimum atomic E-state index is -1.05. The van der Waals surface area contributed by atoms with E-state index in [0.717, 1.165) is 0 Å². The van der Waals surface area contributed by atoms with E-state index < -0.39 is 17.8 Å². The molecule has 1 aromatic heterocycles. The van der Waals surface area contributed by atoms with Gasteiger partial charge >= 0.3 is 5.97 Å². The molecule has 1 aliphatic heterocycles. The highest BCUT2D eigenvalue weighted by molar-refractivity contribution is 6.33. The molecule has 7 nitrogen and oxygen atoms in total. The first-order valence-corrected chi connectivity index (χ1v) is 7.51. The Bertz CT molecular complexity index is 861. The summed E-state index contributed by atoms with van der Waals surface area (Å²) >= 11 is 5.95. The predicted molar refractivity (Wildman–Crippen MR) is 87.3 cm³/mol. The molecule has 0 saturated heterocycles. The lowest BCUT2D eigenvalue weighted by molar-refractivity contribution is -0.0588. The molecule has 0 saturated carbocycles. The highest BCUT2D eigenvalue weighted by atomic mass is 35.5. The molecule has 2 amide bonds. The van der Waals surface area contributed by atoms with Crippen LogP contribution in [0.2, 0.25) is 5.02 Å². The number of fused-ring (bicyclic) bond motifs is 1. The predicted octanol–water partition coefficient (Wildman–Crippen LogP) is 2.67. The standard InChI is InChI=1S/C17H11ClN2O5/c1-2-9-24-13-8-7-12(18)14(19-13)17(23)25-20-15(21)10-5-3-4-6-11(10)16(20)22/h2-8H,1,9H2. The molecule has 0 N–H and O–H groups in total. The van der Waals surface area contributed by atoms with Gasteiger partial charge in [-0.05, 0) is 18.2 Å². The number of nitrogens with zero attached hydrogens (tertiary/aromatic N) is 2.